The van der Waals surface area contributed by atoms with Crippen LogP contribution in [0.25, 0.3) is 11.0 Å². The molecule has 2 aliphatic rings. The molecule has 3 aromatic rings. The predicted molar refractivity (Wildman–Crippen MR) is 110 cm³/mol. The summed E-state index contributed by atoms with van der Waals surface area (Å²) < 4.78 is 7.71. The molecule has 2 fully saturated rings. The van der Waals surface area contributed by atoms with Gasteiger partial charge in [0, 0.05) is 43.6 Å². The van der Waals surface area contributed by atoms with E-state index in [0.717, 1.165) is 29.7 Å². The number of hydrogen-bond acceptors (Lipinski definition) is 5. The summed E-state index contributed by atoms with van der Waals surface area (Å²) in [4.78, 5) is 24.0. The highest BCUT2D eigenvalue weighted by atomic mass is 16.5. The fourth-order valence-corrected chi connectivity index (χ4v) is 4.03. The molecule has 1 saturated carbocycles. The Morgan fingerprint density at radius 2 is 2.10 bits per heavy atom. The Balaban J connectivity index is 1.31. The van der Waals surface area contributed by atoms with Crippen molar-refractivity contribution >= 4 is 16.9 Å². The van der Waals surface area contributed by atoms with Crippen LogP contribution < -0.4 is 5.32 Å². The molecule has 29 heavy (non-hydrogen) atoms. The molecule has 1 atom stereocenters. The van der Waals surface area contributed by atoms with E-state index in [0.29, 0.717) is 31.4 Å². The summed E-state index contributed by atoms with van der Waals surface area (Å²) in [7, 11) is 0. The first-order chi connectivity index (χ1) is 14.3. The average Bonchev–Trinajstić information content (AvgIpc) is 3.54. The number of pyridine rings is 1. The van der Waals surface area contributed by atoms with E-state index in [1.165, 1.54) is 12.8 Å². The molecule has 1 aliphatic carbocycles. The highest BCUT2D eigenvalue weighted by Gasteiger charge is 2.26. The molecule has 0 spiro atoms. The normalized spacial score (nSPS) is 18.6. The summed E-state index contributed by atoms with van der Waals surface area (Å²) in [6, 6.07) is 10.5. The van der Waals surface area contributed by atoms with Gasteiger partial charge < -0.3 is 14.6 Å². The van der Waals surface area contributed by atoms with Gasteiger partial charge >= 0.3 is 0 Å². The Morgan fingerprint density at radius 3 is 2.86 bits per heavy atom. The number of rotatable bonds is 6. The van der Waals surface area contributed by atoms with E-state index in [1.54, 1.807) is 6.20 Å². The molecule has 0 bridgehead atoms. The predicted octanol–water partition coefficient (Wildman–Crippen LogP) is 2.57. The van der Waals surface area contributed by atoms with Crippen molar-refractivity contribution in [2.75, 3.05) is 32.8 Å². The number of carbonyl (C=O) groups is 1. The number of nitrogens with one attached hydrogen (secondary N) is 1. The van der Waals surface area contributed by atoms with Crippen molar-refractivity contribution in [2.45, 2.75) is 24.9 Å². The molecule has 1 aliphatic heterocycles. The Kier molecular flexibility index (Phi) is 4.99. The Bertz CT molecular complexity index is 993. The minimum Gasteiger partial charge on any atom is -0.379 e. The van der Waals surface area contributed by atoms with Gasteiger partial charge in [-0.1, -0.05) is 6.07 Å². The van der Waals surface area contributed by atoms with Crippen molar-refractivity contribution < 1.29 is 9.53 Å². The van der Waals surface area contributed by atoms with E-state index in [2.05, 4.69) is 30.8 Å². The van der Waals surface area contributed by atoms with Crippen LogP contribution in [0.5, 0.6) is 0 Å². The van der Waals surface area contributed by atoms with Crippen LogP contribution in [0.2, 0.25) is 0 Å². The number of nitrogens with zero attached hydrogens (tertiary/aromatic N) is 4. The van der Waals surface area contributed by atoms with Crippen LogP contribution in [-0.2, 0) is 4.74 Å². The highest BCUT2D eigenvalue weighted by molar-refractivity contribution is 5.97. The topological polar surface area (TPSA) is 72.3 Å². The fourth-order valence-electron chi connectivity index (χ4n) is 4.03. The number of aromatic nitrogens is 3. The molecule has 7 heteroatoms. The smallest absolute Gasteiger partial charge is 0.251 e. The number of fused-ring (bicyclic) bond motifs is 1. The lowest BCUT2D eigenvalue weighted by Crippen LogP contribution is -2.43. The SMILES string of the molecule is O=C(NCC(c1cccnc1)N1CCOCC1)c1ccc2c(c1)ncn2C1CC1. The summed E-state index contributed by atoms with van der Waals surface area (Å²) in [6.45, 7) is 3.65. The molecule has 1 amide bonds. The largest absolute Gasteiger partial charge is 0.379 e. The van der Waals surface area contributed by atoms with Gasteiger partial charge in [-0.15, -0.1) is 0 Å². The number of imidazole rings is 1. The van der Waals surface area contributed by atoms with Gasteiger partial charge in [-0.3, -0.25) is 14.7 Å². The Morgan fingerprint density at radius 1 is 1.24 bits per heavy atom. The third-order valence-corrected chi connectivity index (χ3v) is 5.79. The second-order valence-corrected chi connectivity index (χ2v) is 7.75. The maximum Gasteiger partial charge on any atom is 0.251 e. The summed E-state index contributed by atoms with van der Waals surface area (Å²) >= 11 is 0. The highest BCUT2D eigenvalue weighted by Crippen LogP contribution is 2.37. The summed E-state index contributed by atoms with van der Waals surface area (Å²) in [5, 5.41) is 3.12. The van der Waals surface area contributed by atoms with Gasteiger partial charge in [0.25, 0.3) is 5.91 Å². The Hall–Kier alpha value is -2.77. The zero-order chi connectivity index (χ0) is 19.6. The van der Waals surface area contributed by atoms with Crippen LogP contribution in [0.3, 0.4) is 0 Å². The molecule has 7 nitrogen and oxygen atoms in total. The van der Waals surface area contributed by atoms with Crippen LogP contribution in [0.15, 0.2) is 49.1 Å². The zero-order valence-electron chi connectivity index (χ0n) is 16.3. The first-order valence-electron chi connectivity index (χ1n) is 10.3. The number of benzene rings is 1. The van der Waals surface area contributed by atoms with Crippen molar-refractivity contribution in [3.8, 4) is 0 Å². The molecule has 1 saturated heterocycles. The number of hydrogen-bond donors (Lipinski definition) is 1. The zero-order valence-corrected chi connectivity index (χ0v) is 16.3. The minimum atomic E-state index is -0.0741. The monoisotopic (exact) mass is 391 g/mol. The molecule has 1 unspecified atom stereocenters. The number of ether oxygens (including phenoxy) is 1. The lowest BCUT2D eigenvalue weighted by atomic mass is 10.1. The van der Waals surface area contributed by atoms with Crippen molar-refractivity contribution in [3.63, 3.8) is 0 Å². The Labute approximate surface area is 169 Å². The van der Waals surface area contributed by atoms with E-state index in [1.807, 2.05) is 36.8 Å². The summed E-state index contributed by atoms with van der Waals surface area (Å²) in [5.41, 5.74) is 3.73. The van der Waals surface area contributed by atoms with E-state index in [4.69, 9.17) is 4.74 Å². The van der Waals surface area contributed by atoms with E-state index < -0.39 is 0 Å². The molecule has 3 heterocycles. The minimum absolute atomic E-state index is 0.0741. The molecular formula is C22H25N5O2. The fraction of sp³-hybridized carbons (Fsp3) is 0.409. The third kappa shape index (κ3) is 3.88. The molecule has 2 aromatic heterocycles. The molecule has 150 valence electrons. The standard InChI is InChI=1S/C22H25N5O2/c28-22(16-3-6-20-19(12-16)25-15-27(20)18-4-5-18)24-14-21(17-2-1-7-23-13-17)26-8-10-29-11-9-26/h1-3,6-7,12-13,15,18,21H,4-5,8-11,14H2,(H,24,28). The molecule has 5 rings (SSSR count). The maximum absolute atomic E-state index is 12.9. The van der Waals surface area contributed by atoms with Gasteiger partial charge in [0.1, 0.15) is 0 Å². The average molecular weight is 391 g/mol. The van der Waals surface area contributed by atoms with Crippen molar-refractivity contribution in [3.05, 3.63) is 60.2 Å². The van der Waals surface area contributed by atoms with Gasteiger partial charge in [-0.2, -0.15) is 0 Å². The van der Waals surface area contributed by atoms with Crippen LogP contribution in [0.4, 0.5) is 0 Å². The lowest BCUT2D eigenvalue weighted by molar-refractivity contribution is 0.0161. The maximum atomic E-state index is 12.9. The first-order valence-corrected chi connectivity index (χ1v) is 10.3. The van der Waals surface area contributed by atoms with Gasteiger partial charge in [-0.25, -0.2) is 4.98 Å². The van der Waals surface area contributed by atoms with Crippen LogP contribution in [0, 0.1) is 0 Å². The quantitative estimate of drug-likeness (QED) is 0.699. The molecule has 0 radical (unpaired) electrons. The summed E-state index contributed by atoms with van der Waals surface area (Å²) in [5.74, 6) is -0.0741. The van der Waals surface area contributed by atoms with E-state index in [-0.39, 0.29) is 11.9 Å². The third-order valence-electron chi connectivity index (χ3n) is 5.79. The second kappa shape index (κ2) is 7.93. The van der Waals surface area contributed by atoms with Crippen molar-refractivity contribution in [1.82, 2.24) is 24.8 Å². The van der Waals surface area contributed by atoms with Crippen molar-refractivity contribution in [2.24, 2.45) is 0 Å². The molecule has 1 N–H and O–H groups in total. The second-order valence-electron chi connectivity index (χ2n) is 7.75. The summed E-state index contributed by atoms with van der Waals surface area (Å²) in [6.07, 6.45) is 7.97. The lowest BCUT2D eigenvalue weighted by Gasteiger charge is -2.34. The van der Waals surface area contributed by atoms with Gasteiger partial charge in [0.2, 0.25) is 0 Å². The van der Waals surface area contributed by atoms with E-state index >= 15 is 0 Å². The molecular weight excluding hydrogens is 366 g/mol. The van der Waals surface area contributed by atoms with Gasteiger partial charge in [0.15, 0.2) is 0 Å². The first kappa shape index (κ1) is 18.3. The van der Waals surface area contributed by atoms with Crippen LogP contribution in [-0.4, -0.2) is 58.2 Å². The van der Waals surface area contributed by atoms with Crippen LogP contribution >= 0.6 is 0 Å². The number of carbonyl (C=O) groups excluding carboxylic acids is 1. The van der Waals surface area contributed by atoms with Crippen LogP contribution in [0.1, 0.15) is 40.8 Å². The van der Waals surface area contributed by atoms with Gasteiger partial charge in [0.05, 0.1) is 36.6 Å². The van der Waals surface area contributed by atoms with Crippen molar-refractivity contribution in [1.29, 1.82) is 0 Å². The molecule has 1 aromatic carbocycles. The number of amides is 1. The van der Waals surface area contributed by atoms with Gasteiger partial charge in [-0.05, 0) is 42.7 Å². The van der Waals surface area contributed by atoms with E-state index in [9.17, 15) is 4.79 Å². The number of morpholine rings is 1.